The lowest BCUT2D eigenvalue weighted by Crippen LogP contribution is -2.25. The maximum atomic E-state index is 11.8. The molecule has 162 valence electrons. The molecule has 0 aliphatic carbocycles. The van der Waals surface area contributed by atoms with E-state index in [2.05, 4.69) is 30.7 Å². The first-order valence-electron chi connectivity index (χ1n) is 10.1. The van der Waals surface area contributed by atoms with E-state index in [9.17, 15) is 9.59 Å². The Kier molecular flexibility index (Phi) is 4.58. The van der Waals surface area contributed by atoms with Crippen LogP contribution >= 0.6 is 0 Å². The normalized spacial score (nSPS) is 13.5. The first kappa shape index (κ1) is 19.7. The van der Waals surface area contributed by atoms with Crippen LogP contribution in [0.4, 0.5) is 17.5 Å². The molecule has 4 N–H and O–H groups in total. The molecule has 0 saturated carbocycles. The van der Waals surface area contributed by atoms with Crippen LogP contribution in [0.3, 0.4) is 0 Å². The van der Waals surface area contributed by atoms with Crippen LogP contribution in [-0.2, 0) is 24.8 Å². The smallest absolute Gasteiger partial charge is 0.347 e. The Morgan fingerprint density at radius 3 is 2.81 bits per heavy atom. The summed E-state index contributed by atoms with van der Waals surface area (Å²) >= 11 is 0. The van der Waals surface area contributed by atoms with Gasteiger partial charge in [-0.1, -0.05) is 0 Å². The molecule has 1 amide bonds. The first-order chi connectivity index (χ1) is 15.4. The van der Waals surface area contributed by atoms with Gasteiger partial charge in [0.2, 0.25) is 5.91 Å². The lowest BCUT2D eigenvalue weighted by Gasteiger charge is -2.11. The third kappa shape index (κ3) is 3.43. The number of amides is 1. The van der Waals surface area contributed by atoms with Crippen molar-refractivity contribution in [2.45, 2.75) is 19.9 Å². The van der Waals surface area contributed by atoms with Gasteiger partial charge < -0.3 is 16.4 Å². The number of fused-ring (bicyclic) bond motifs is 2. The molecule has 0 unspecified atom stereocenters. The van der Waals surface area contributed by atoms with Gasteiger partial charge >= 0.3 is 5.69 Å². The lowest BCUT2D eigenvalue weighted by atomic mass is 10.1. The summed E-state index contributed by atoms with van der Waals surface area (Å²) < 4.78 is 3.17. The molecule has 0 aromatic carbocycles. The van der Waals surface area contributed by atoms with Crippen LogP contribution in [0.1, 0.15) is 11.4 Å². The highest BCUT2D eigenvalue weighted by Gasteiger charge is 2.16. The van der Waals surface area contributed by atoms with Gasteiger partial charge in [0, 0.05) is 60.8 Å². The van der Waals surface area contributed by atoms with E-state index in [-0.39, 0.29) is 18.1 Å². The third-order valence-electron chi connectivity index (χ3n) is 5.62. The average Bonchev–Trinajstić information content (AvgIpc) is 3.03. The summed E-state index contributed by atoms with van der Waals surface area (Å²) in [6, 6.07) is 5.66. The van der Waals surface area contributed by atoms with Crippen LogP contribution in [0.5, 0.6) is 0 Å². The van der Waals surface area contributed by atoms with Crippen molar-refractivity contribution >= 4 is 34.1 Å². The maximum Gasteiger partial charge on any atom is 0.347 e. The Morgan fingerprint density at radius 2 is 1.97 bits per heavy atom. The number of anilines is 3. The molecule has 0 saturated heterocycles. The molecule has 0 spiro atoms. The van der Waals surface area contributed by atoms with Gasteiger partial charge in [-0.15, -0.1) is 0 Å². The minimum Gasteiger partial charge on any atom is -0.383 e. The highest BCUT2D eigenvalue weighted by Crippen LogP contribution is 2.29. The molecule has 11 nitrogen and oxygen atoms in total. The fraction of sp³-hybridized carbons (Fsp3) is 0.238. The molecule has 32 heavy (non-hydrogen) atoms. The number of rotatable bonds is 3. The second-order valence-corrected chi connectivity index (χ2v) is 7.69. The van der Waals surface area contributed by atoms with Crippen molar-refractivity contribution < 1.29 is 4.79 Å². The van der Waals surface area contributed by atoms with Crippen LogP contribution < -0.4 is 22.1 Å². The fourth-order valence-electron chi connectivity index (χ4n) is 3.76. The van der Waals surface area contributed by atoms with Crippen molar-refractivity contribution in [1.29, 1.82) is 0 Å². The molecule has 1 aliphatic heterocycles. The van der Waals surface area contributed by atoms with E-state index >= 15 is 0 Å². The molecular formula is C21H21N9O2. The van der Waals surface area contributed by atoms with E-state index in [1.807, 2.05) is 25.1 Å². The van der Waals surface area contributed by atoms with Crippen molar-refractivity contribution in [3.05, 3.63) is 52.5 Å². The highest BCUT2D eigenvalue weighted by atomic mass is 16.2. The second kappa shape index (κ2) is 7.45. The topological polar surface area (TPSA) is 146 Å². The summed E-state index contributed by atoms with van der Waals surface area (Å²) in [7, 11) is 1.67. The predicted octanol–water partition coefficient (Wildman–Crippen LogP) is 0.894. The number of pyridine rings is 2. The van der Waals surface area contributed by atoms with Gasteiger partial charge in [0.25, 0.3) is 0 Å². The van der Waals surface area contributed by atoms with Crippen LogP contribution in [0.2, 0.25) is 0 Å². The van der Waals surface area contributed by atoms with Gasteiger partial charge in [-0.3, -0.25) is 14.0 Å². The zero-order valence-corrected chi connectivity index (χ0v) is 17.6. The first-order valence-corrected chi connectivity index (χ1v) is 10.1. The molecular weight excluding hydrogens is 410 g/mol. The summed E-state index contributed by atoms with van der Waals surface area (Å²) in [6.07, 6.45) is 3.88. The lowest BCUT2D eigenvalue weighted by molar-refractivity contribution is -0.121. The Labute approximate surface area is 182 Å². The molecule has 4 aromatic rings. The molecule has 4 aromatic heterocycles. The van der Waals surface area contributed by atoms with E-state index in [0.29, 0.717) is 41.5 Å². The van der Waals surface area contributed by atoms with E-state index in [4.69, 9.17) is 5.73 Å². The Hall–Kier alpha value is -4.28. The van der Waals surface area contributed by atoms with Crippen molar-refractivity contribution in [2.24, 2.45) is 7.05 Å². The van der Waals surface area contributed by atoms with Gasteiger partial charge in [-0.25, -0.2) is 19.7 Å². The number of carbonyl (C=O) groups excluding carboxylic acids is 1. The summed E-state index contributed by atoms with van der Waals surface area (Å²) in [4.78, 5) is 36.4. The Morgan fingerprint density at radius 1 is 1.12 bits per heavy atom. The van der Waals surface area contributed by atoms with E-state index in [0.717, 1.165) is 22.3 Å². The number of nitrogens with one attached hydrogen (secondary N) is 2. The number of nitrogens with two attached hydrogens (primary N) is 1. The van der Waals surface area contributed by atoms with Crippen LogP contribution in [0.25, 0.3) is 22.0 Å². The zero-order chi connectivity index (χ0) is 22.4. The summed E-state index contributed by atoms with van der Waals surface area (Å²) in [5.74, 6) is 1.48. The number of nitrogen functional groups attached to an aromatic ring is 1. The summed E-state index contributed by atoms with van der Waals surface area (Å²) in [5, 5.41) is 12.1. The third-order valence-corrected chi connectivity index (χ3v) is 5.62. The SMILES string of the molecule is Cc1c(-c2cc3cc(Nc4cc5n(n4)CC(=O)NCC5)ncc3c(N)n2)cnc(=O)n1C. The van der Waals surface area contributed by atoms with Crippen LogP contribution in [0, 0.1) is 6.92 Å². The fourth-order valence-corrected chi connectivity index (χ4v) is 3.76. The predicted molar refractivity (Wildman–Crippen MR) is 119 cm³/mol. The number of carbonyl (C=O) groups is 1. The van der Waals surface area contributed by atoms with Gasteiger partial charge in [0.05, 0.1) is 5.69 Å². The largest absolute Gasteiger partial charge is 0.383 e. The van der Waals surface area contributed by atoms with Gasteiger partial charge in [-0.2, -0.15) is 5.10 Å². The molecule has 0 radical (unpaired) electrons. The molecule has 11 heteroatoms. The Balaban J connectivity index is 1.51. The second-order valence-electron chi connectivity index (χ2n) is 7.69. The van der Waals surface area contributed by atoms with Gasteiger partial charge in [0.15, 0.2) is 5.82 Å². The molecule has 5 rings (SSSR count). The molecule has 0 fully saturated rings. The number of hydrogen-bond acceptors (Lipinski definition) is 8. The van der Waals surface area contributed by atoms with E-state index in [1.165, 1.54) is 10.8 Å². The van der Waals surface area contributed by atoms with Crippen molar-refractivity contribution in [1.82, 2.24) is 34.6 Å². The summed E-state index contributed by atoms with van der Waals surface area (Å²) in [6.45, 7) is 2.62. The minimum absolute atomic E-state index is 0.0547. The standard InChI is InChI=1S/C21H21N9O2/c1-11-14(8-25-21(32)29(11)2)16-5-12-6-17(24-9-15(12)20(22)26-16)27-18-7-13-3-4-23-19(31)10-30(13)28-18/h5-9H,3-4,10H2,1-2H3,(H2,22,26)(H,23,31)(H,24,27,28). The Bertz CT molecular complexity index is 1440. The van der Waals surface area contributed by atoms with Gasteiger partial charge in [-0.05, 0) is 24.4 Å². The van der Waals surface area contributed by atoms with Crippen molar-refractivity contribution in [3.8, 4) is 11.3 Å². The number of hydrogen-bond donors (Lipinski definition) is 3. The molecule has 0 bridgehead atoms. The minimum atomic E-state index is -0.327. The highest BCUT2D eigenvalue weighted by molar-refractivity contribution is 5.94. The average molecular weight is 431 g/mol. The zero-order valence-electron chi connectivity index (χ0n) is 17.6. The summed E-state index contributed by atoms with van der Waals surface area (Å²) in [5.41, 5.74) is 8.93. The van der Waals surface area contributed by atoms with Crippen molar-refractivity contribution in [3.63, 3.8) is 0 Å². The number of aromatic nitrogens is 6. The molecule has 1 aliphatic rings. The van der Waals surface area contributed by atoms with E-state index < -0.39 is 0 Å². The van der Waals surface area contributed by atoms with E-state index in [1.54, 1.807) is 17.9 Å². The quantitative estimate of drug-likeness (QED) is 0.434. The number of nitrogens with zero attached hydrogens (tertiary/aromatic N) is 6. The van der Waals surface area contributed by atoms with Crippen LogP contribution in [-0.4, -0.2) is 41.8 Å². The molecule has 5 heterocycles. The van der Waals surface area contributed by atoms with Gasteiger partial charge in [0.1, 0.15) is 18.2 Å². The van der Waals surface area contributed by atoms with Crippen molar-refractivity contribution in [2.75, 3.05) is 17.6 Å². The van der Waals surface area contributed by atoms with Crippen LogP contribution in [0.15, 0.2) is 35.4 Å². The monoisotopic (exact) mass is 431 g/mol. The molecule has 0 atom stereocenters. The maximum absolute atomic E-state index is 11.8.